The largest absolute Gasteiger partial charge is 0.364 e. The molecule has 2 rings (SSSR count). The summed E-state index contributed by atoms with van der Waals surface area (Å²) in [4.78, 5) is 6.66. The molecule has 0 saturated carbocycles. The van der Waals surface area contributed by atoms with Crippen LogP contribution in [-0.4, -0.2) is 29.6 Å². The van der Waals surface area contributed by atoms with Crippen LogP contribution in [0.2, 0.25) is 0 Å². The van der Waals surface area contributed by atoms with Crippen LogP contribution in [-0.2, 0) is 13.1 Å². The summed E-state index contributed by atoms with van der Waals surface area (Å²) >= 11 is 3.57. The van der Waals surface area contributed by atoms with Gasteiger partial charge in [0.25, 0.3) is 0 Å². The minimum absolute atomic E-state index is 0. The first-order valence-corrected chi connectivity index (χ1v) is 7.62. The summed E-state index contributed by atoms with van der Waals surface area (Å²) in [6.07, 6.45) is 1.56. The predicted octanol–water partition coefficient (Wildman–Crippen LogP) is 3.65. The summed E-state index contributed by atoms with van der Waals surface area (Å²) in [7, 11) is 2.02. The van der Waals surface area contributed by atoms with Gasteiger partial charge in [-0.05, 0) is 18.6 Å². The molecule has 0 saturated heterocycles. The number of aromatic nitrogens is 1. The maximum atomic E-state index is 4.82. The zero-order chi connectivity index (χ0) is 15.1. The van der Waals surface area contributed by atoms with Crippen LogP contribution in [0.25, 0.3) is 0 Å². The normalized spacial score (nSPS) is 11.0. The number of hydrogen-bond acceptors (Lipinski definition) is 3. The van der Waals surface area contributed by atoms with Gasteiger partial charge in [-0.3, -0.25) is 0 Å². The molecular formula is C15H20BrIN4O. The highest BCUT2D eigenvalue weighted by atomic mass is 127. The van der Waals surface area contributed by atoms with Crippen molar-refractivity contribution in [3.05, 3.63) is 52.3 Å². The van der Waals surface area contributed by atoms with Gasteiger partial charge >= 0.3 is 0 Å². The second-order valence-corrected chi connectivity index (χ2v) is 5.46. The van der Waals surface area contributed by atoms with E-state index in [0.29, 0.717) is 6.54 Å². The van der Waals surface area contributed by atoms with Gasteiger partial charge < -0.3 is 14.7 Å². The Morgan fingerprint density at radius 2 is 2.14 bits per heavy atom. The highest BCUT2D eigenvalue weighted by molar-refractivity contribution is 14.0. The standard InChI is InChI=1S/C15H19BrN4O.HI/c1-3-17-15(18-10-13-8-9-21-19-13)20(2)11-12-6-4-5-7-14(12)16;/h4-9H,3,10-11H2,1-2H3,(H,17,18);1H. The molecule has 0 spiro atoms. The van der Waals surface area contributed by atoms with Gasteiger partial charge in [-0.25, -0.2) is 4.99 Å². The third-order valence-corrected chi connectivity index (χ3v) is 3.72. The second-order valence-electron chi connectivity index (χ2n) is 4.61. The van der Waals surface area contributed by atoms with Crippen LogP contribution < -0.4 is 5.32 Å². The quantitative estimate of drug-likeness (QED) is 0.405. The molecular weight excluding hydrogens is 459 g/mol. The molecule has 0 atom stereocenters. The van der Waals surface area contributed by atoms with Gasteiger partial charge in [0, 0.05) is 30.7 Å². The topological polar surface area (TPSA) is 53.7 Å². The number of rotatable bonds is 5. The maximum absolute atomic E-state index is 4.82. The smallest absolute Gasteiger partial charge is 0.194 e. The van der Waals surface area contributed by atoms with E-state index in [2.05, 4.69) is 49.3 Å². The molecule has 1 aromatic heterocycles. The Kier molecular flexibility index (Phi) is 8.47. The number of benzene rings is 1. The zero-order valence-electron chi connectivity index (χ0n) is 12.6. The van der Waals surface area contributed by atoms with Crippen molar-refractivity contribution in [2.75, 3.05) is 13.6 Å². The Labute approximate surface area is 156 Å². The lowest BCUT2D eigenvalue weighted by atomic mass is 10.2. The van der Waals surface area contributed by atoms with Gasteiger partial charge in [-0.1, -0.05) is 39.3 Å². The van der Waals surface area contributed by atoms with Crippen molar-refractivity contribution >= 4 is 45.9 Å². The van der Waals surface area contributed by atoms with E-state index in [4.69, 9.17) is 4.52 Å². The number of guanidine groups is 1. The van der Waals surface area contributed by atoms with Crippen molar-refractivity contribution in [1.82, 2.24) is 15.4 Å². The summed E-state index contributed by atoms with van der Waals surface area (Å²) in [6, 6.07) is 10.0. The molecule has 0 bridgehead atoms. The van der Waals surface area contributed by atoms with E-state index in [-0.39, 0.29) is 24.0 Å². The van der Waals surface area contributed by atoms with Crippen molar-refractivity contribution in [1.29, 1.82) is 0 Å². The zero-order valence-corrected chi connectivity index (χ0v) is 16.5. The molecule has 0 amide bonds. The van der Waals surface area contributed by atoms with Crippen LogP contribution in [0.5, 0.6) is 0 Å². The lowest BCUT2D eigenvalue weighted by Gasteiger charge is -2.22. The molecule has 22 heavy (non-hydrogen) atoms. The van der Waals surface area contributed by atoms with E-state index in [9.17, 15) is 0 Å². The third-order valence-electron chi connectivity index (χ3n) is 2.94. The molecule has 1 N–H and O–H groups in total. The number of halogens is 2. The molecule has 7 heteroatoms. The third kappa shape index (κ3) is 5.60. The maximum Gasteiger partial charge on any atom is 0.194 e. The Bertz CT molecular complexity index is 589. The SMILES string of the molecule is CCNC(=NCc1ccon1)N(C)Cc1ccccc1Br.I. The number of nitrogens with zero attached hydrogens (tertiary/aromatic N) is 3. The molecule has 2 aromatic rings. The fourth-order valence-electron chi connectivity index (χ4n) is 1.90. The van der Waals surface area contributed by atoms with Crippen molar-refractivity contribution in [3.8, 4) is 0 Å². The van der Waals surface area contributed by atoms with Crippen LogP contribution >= 0.6 is 39.9 Å². The van der Waals surface area contributed by atoms with E-state index in [1.54, 1.807) is 6.26 Å². The van der Waals surface area contributed by atoms with E-state index in [1.165, 1.54) is 5.56 Å². The molecule has 0 aliphatic rings. The summed E-state index contributed by atoms with van der Waals surface area (Å²) in [5.74, 6) is 0.844. The van der Waals surface area contributed by atoms with Crippen molar-refractivity contribution in [2.24, 2.45) is 4.99 Å². The second kappa shape index (κ2) is 9.83. The molecule has 0 aliphatic carbocycles. The van der Waals surface area contributed by atoms with Gasteiger partial charge in [0.2, 0.25) is 0 Å². The van der Waals surface area contributed by atoms with E-state index in [0.717, 1.165) is 29.2 Å². The summed E-state index contributed by atoms with van der Waals surface area (Å²) < 4.78 is 5.92. The minimum Gasteiger partial charge on any atom is -0.364 e. The van der Waals surface area contributed by atoms with Crippen molar-refractivity contribution in [3.63, 3.8) is 0 Å². The number of hydrogen-bond donors (Lipinski definition) is 1. The molecule has 0 aliphatic heterocycles. The van der Waals surface area contributed by atoms with Crippen LogP contribution in [0, 0.1) is 0 Å². The Hall–Kier alpha value is -1.09. The van der Waals surface area contributed by atoms with Gasteiger partial charge in [-0.15, -0.1) is 24.0 Å². The molecule has 0 fully saturated rings. The Morgan fingerprint density at radius 1 is 1.36 bits per heavy atom. The molecule has 1 aromatic carbocycles. The molecule has 0 radical (unpaired) electrons. The van der Waals surface area contributed by atoms with E-state index >= 15 is 0 Å². The van der Waals surface area contributed by atoms with Gasteiger partial charge in [0.05, 0.1) is 6.54 Å². The van der Waals surface area contributed by atoms with Crippen LogP contribution in [0.3, 0.4) is 0 Å². The Balaban J connectivity index is 0.00000242. The first kappa shape index (κ1) is 19.0. The average Bonchev–Trinajstić information content (AvgIpc) is 2.99. The van der Waals surface area contributed by atoms with Crippen molar-refractivity contribution in [2.45, 2.75) is 20.0 Å². The lowest BCUT2D eigenvalue weighted by molar-refractivity contribution is 0.411. The summed E-state index contributed by atoms with van der Waals surface area (Å²) in [5, 5.41) is 7.16. The first-order chi connectivity index (χ1) is 10.2. The average molecular weight is 479 g/mol. The van der Waals surface area contributed by atoms with Gasteiger partial charge in [-0.2, -0.15) is 0 Å². The van der Waals surface area contributed by atoms with Crippen LogP contribution in [0.4, 0.5) is 0 Å². The summed E-state index contributed by atoms with van der Waals surface area (Å²) in [6.45, 7) is 4.14. The highest BCUT2D eigenvalue weighted by Gasteiger charge is 2.08. The van der Waals surface area contributed by atoms with Crippen molar-refractivity contribution < 1.29 is 4.52 Å². The van der Waals surface area contributed by atoms with Crippen LogP contribution in [0.15, 0.2) is 50.6 Å². The fraction of sp³-hybridized carbons (Fsp3) is 0.333. The molecule has 0 unspecified atom stereocenters. The minimum atomic E-state index is 0. The van der Waals surface area contributed by atoms with Crippen LogP contribution in [0.1, 0.15) is 18.2 Å². The highest BCUT2D eigenvalue weighted by Crippen LogP contribution is 2.17. The Morgan fingerprint density at radius 3 is 2.77 bits per heavy atom. The molecule has 120 valence electrons. The molecule has 1 heterocycles. The first-order valence-electron chi connectivity index (χ1n) is 6.82. The molecule has 5 nitrogen and oxygen atoms in total. The number of nitrogens with one attached hydrogen (secondary N) is 1. The summed E-state index contributed by atoms with van der Waals surface area (Å²) in [5.41, 5.74) is 2.03. The predicted molar refractivity (Wildman–Crippen MR) is 102 cm³/mol. The van der Waals surface area contributed by atoms with Gasteiger partial charge in [0.15, 0.2) is 5.96 Å². The van der Waals surface area contributed by atoms with E-state index < -0.39 is 0 Å². The number of aliphatic imine (C=N–C) groups is 1. The van der Waals surface area contributed by atoms with E-state index in [1.807, 2.05) is 31.3 Å². The van der Waals surface area contributed by atoms with Gasteiger partial charge in [0.1, 0.15) is 12.0 Å². The monoisotopic (exact) mass is 478 g/mol. The fourth-order valence-corrected chi connectivity index (χ4v) is 2.31. The lowest BCUT2D eigenvalue weighted by Crippen LogP contribution is -2.38.